The summed E-state index contributed by atoms with van der Waals surface area (Å²) < 4.78 is 70.9. The molecule has 1 N–H and O–H groups in total. The molecule has 1 fully saturated rings. The Balaban J connectivity index is 1.85. The SMILES string of the molecule is CC(C)(C)OC(=O)N(C(=O)OC(C)(C)C)c1ccc(CC(NC(=O)C2CCCC2)C(=O)COc2c(F)c(F)cc(F)c2F)cn1. The molecule has 14 heteroatoms. The molecule has 0 bridgehead atoms. The number of anilines is 1. The van der Waals surface area contributed by atoms with Crippen LogP contribution in [0.15, 0.2) is 24.4 Å². The number of hydrogen-bond donors (Lipinski definition) is 1. The molecule has 1 saturated carbocycles. The van der Waals surface area contributed by atoms with Crippen LogP contribution in [0.25, 0.3) is 0 Å². The van der Waals surface area contributed by atoms with Crippen molar-refractivity contribution < 1.29 is 51.0 Å². The number of Topliss-reactive ketones (excluding diaryl/α,β-unsaturated/α-hetero) is 1. The van der Waals surface area contributed by atoms with Crippen LogP contribution in [0.3, 0.4) is 0 Å². The molecule has 45 heavy (non-hydrogen) atoms. The minimum absolute atomic E-state index is 0.00734. The minimum Gasteiger partial charge on any atom is -0.479 e. The number of ether oxygens (including phenoxy) is 3. The van der Waals surface area contributed by atoms with Crippen molar-refractivity contribution in [2.45, 2.75) is 90.9 Å². The van der Waals surface area contributed by atoms with E-state index in [1.165, 1.54) is 18.3 Å². The third-order valence-electron chi connectivity index (χ3n) is 6.49. The van der Waals surface area contributed by atoms with E-state index in [4.69, 9.17) is 14.2 Å². The standard InChI is InChI=1S/C31H37F4N3O7/c1-30(2,3)44-28(41)38(29(42)45-31(4,5)6)23-12-11-17(15-36-23)13-21(37-27(40)18-9-7-8-10-18)22(39)16-43-26-24(34)19(32)14-20(33)25(26)35/h11-12,14-15,18,21H,7-10,13,16H2,1-6H3,(H,37,40). The molecule has 0 saturated heterocycles. The van der Waals surface area contributed by atoms with Crippen molar-refractivity contribution in [1.29, 1.82) is 0 Å². The van der Waals surface area contributed by atoms with Crippen LogP contribution in [0.5, 0.6) is 5.75 Å². The smallest absolute Gasteiger partial charge is 0.425 e. The Bertz CT molecular complexity index is 1360. The molecule has 3 rings (SSSR count). The Morgan fingerprint density at radius 1 is 0.911 bits per heavy atom. The average Bonchev–Trinajstić information content (AvgIpc) is 3.46. The largest absolute Gasteiger partial charge is 0.479 e. The maximum atomic E-state index is 14.1. The number of carbonyl (C=O) groups is 4. The summed E-state index contributed by atoms with van der Waals surface area (Å²) >= 11 is 0. The molecule has 0 spiro atoms. The predicted octanol–water partition coefficient (Wildman–Crippen LogP) is 6.18. The molecule has 1 aliphatic carbocycles. The van der Waals surface area contributed by atoms with Crippen molar-refractivity contribution in [3.8, 4) is 5.75 Å². The molecule has 1 aromatic carbocycles. The van der Waals surface area contributed by atoms with E-state index in [1.54, 1.807) is 41.5 Å². The zero-order chi connectivity index (χ0) is 33.7. The van der Waals surface area contributed by atoms with Gasteiger partial charge in [0.25, 0.3) is 0 Å². The predicted molar refractivity (Wildman–Crippen MR) is 154 cm³/mol. The third kappa shape index (κ3) is 9.88. The van der Waals surface area contributed by atoms with Gasteiger partial charge in [-0.1, -0.05) is 18.9 Å². The number of benzene rings is 1. The molecule has 10 nitrogen and oxygen atoms in total. The summed E-state index contributed by atoms with van der Waals surface area (Å²) in [6.07, 6.45) is 1.88. The van der Waals surface area contributed by atoms with Gasteiger partial charge in [-0.25, -0.2) is 23.4 Å². The van der Waals surface area contributed by atoms with Gasteiger partial charge < -0.3 is 19.5 Å². The summed E-state index contributed by atoms with van der Waals surface area (Å²) in [6, 6.07) is 1.46. The topological polar surface area (TPSA) is 124 Å². The number of aromatic nitrogens is 1. The molecule has 0 aliphatic heterocycles. The molecule has 246 valence electrons. The Morgan fingerprint density at radius 2 is 1.44 bits per heavy atom. The molecular weight excluding hydrogens is 602 g/mol. The maximum absolute atomic E-state index is 14.1. The zero-order valence-electron chi connectivity index (χ0n) is 26.0. The van der Waals surface area contributed by atoms with Crippen LogP contribution < -0.4 is 15.0 Å². The molecule has 0 radical (unpaired) electrons. The number of amides is 3. The molecular formula is C31H37F4N3O7. The molecule has 1 atom stereocenters. The molecule has 1 aliphatic rings. The number of carbonyl (C=O) groups excluding carboxylic acids is 4. The minimum atomic E-state index is -1.81. The summed E-state index contributed by atoms with van der Waals surface area (Å²) in [5.74, 6) is -10.2. The molecule has 1 aromatic heterocycles. The number of ketones is 1. The van der Waals surface area contributed by atoms with E-state index in [0.29, 0.717) is 23.3 Å². The Kier molecular flexibility index (Phi) is 11.2. The summed E-state index contributed by atoms with van der Waals surface area (Å²) in [4.78, 5) is 56.7. The fraction of sp³-hybridized carbons (Fsp3) is 0.516. The molecule has 1 unspecified atom stereocenters. The van der Waals surface area contributed by atoms with E-state index >= 15 is 0 Å². The van der Waals surface area contributed by atoms with Crippen molar-refractivity contribution in [2.24, 2.45) is 5.92 Å². The van der Waals surface area contributed by atoms with Gasteiger partial charge in [0.15, 0.2) is 23.2 Å². The number of nitrogens with one attached hydrogen (secondary N) is 1. The highest BCUT2D eigenvalue weighted by Gasteiger charge is 2.34. The van der Waals surface area contributed by atoms with Crippen molar-refractivity contribution in [3.05, 3.63) is 53.2 Å². The zero-order valence-corrected chi connectivity index (χ0v) is 26.0. The van der Waals surface area contributed by atoms with Gasteiger partial charge in [-0.05, 0) is 66.0 Å². The van der Waals surface area contributed by atoms with Gasteiger partial charge in [0, 0.05) is 24.6 Å². The van der Waals surface area contributed by atoms with E-state index in [0.717, 1.165) is 12.8 Å². The van der Waals surface area contributed by atoms with Crippen molar-refractivity contribution in [2.75, 3.05) is 11.5 Å². The van der Waals surface area contributed by atoms with E-state index < -0.39 is 76.7 Å². The third-order valence-corrected chi connectivity index (χ3v) is 6.49. The Hall–Kier alpha value is -4.23. The van der Waals surface area contributed by atoms with Gasteiger partial charge in [-0.15, -0.1) is 0 Å². The lowest BCUT2D eigenvalue weighted by Crippen LogP contribution is -2.46. The fourth-order valence-corrected chi connectivity index (χ4v) is 4.43. The number of imide groups is 1. The van der Waals surface area contributed by atoms with Crippen LogP contribution in [-0.2, 0) is 25.5 Å². The first-order chi connectivity index (χ1) is 20.9. The summed E-state index contributed by atoms with van der Waals surface area (Å²) in [6.45, 7) is 8.66. The molecule has 2 aromatic rings. The second-order valence-corrected chi connectivity index (χ2v) is 12.6. The second-order valence-electron chi connectivity index (χ2n) is 12.6. The highest BCUT2D eigenvalue weighted by atomic mass is 19.2. The Labute approximate surface area is 258 Å². The van der Waals surface area contributed by atoms with Gasteiger partial charge in [0.2, 0.25) is 17.5 Å². The first-order valence-electron chi connectivity index (χ1n) is 14.4. The van der Waals surface area contributed by atoms with Crippen LogP contribution in [0.2, 0.25) is 0 Å². The summed E-state index contributed by atoms with van der Waals surface area (Å²) in [5, 5.41) is 2.63. The first-order valence-corrected chi connectivity index (χ1v) is 14.4. The van der Waals surface area contributed by atoms with Crippen LogP contribution in [-0.4, -0.2) is 52.7 Å². The van der Waals surface area contributed by atoms with Crippen LogP contribution in [0, 0.1) is 29.2 Å². The van der Waals surface area contributed by atoms with Crippen molar-refractivity contribution >= 4 is 29.7 Å². The number of hydrogen-bond acceptors (Lipinski definition) is 8. The van der Waals surface area contributed by atoms with Crippen molar-refractivity contribution in [3.63, 3.8) is 0 Å². The van der Waals surface area contributed by atoms with Crippen LogP contribution in [0.4, 0.5) is 33.0 Å². The molecule has 3 amide bonds. The van der Waals surface area contributed by atoms with Gasteiger partial charge >= 0.3 is 12.2 Å². The highest BCUT2D eigenvalue weighted by Crippen LogP contribution is 2.28. The highest BCUT2D eigenvalue weighted by molar-refractivity contribution is 6.08. The van der Waals surface area contributed by atoms with Gasteiger partial charge in [-0.3, -0.25) is 9.59 Å². The Morgan fingerprint density at radius 3 is 1.91 bits per heavy atom. The van der Waals surface area contributed by atoms with Gasteiger partial charge in [0.1, 0.15) is 23.6 Å². The first kappa shape index (κ1) is 35.3. The number of nitrogens with zero attached hydrogens (tertiary/aromatic N) is 2. The second kappa shape index (κ2) is 14.2. The summed E-state index contributed by atoms with van der Waals surface area (Å²) in [7, 11) is 0. The van der Waals surface area contributed by atoms with Gasteiger partial charge in [-0.2, -0.15) is 13.7 Å². The quantitative estimate of drug-likeness (QED) is 0.255. The maximum Gasteiger partial charge on any atom is 0.425 e. The van der Waals surface area contributed by atoms with Crippen LogP contribution >= 0.6 is 0 Å². The van der Waals surface area contributed by atoms with E-state index in [2.05, 4.69) is 10.3 Å². The van der Waals surface area contributed by atoms with Gasteiger partial charge in [0.05, 0.1) is 6.04 Å². The van der Waals surface area contributed by atoms with Crippen LogP contribution in [0.1, 0.15) is 72.8 Å². The van der Waals surface area contributed by atoms with E-state index in [1.807, 2.05) is 0 Å². The normalized spacial score (nSPS) is 14.4. The van der Waals surface area contributed by atoms with E-state index in [9.17, 15) is 36.7 Å². The average molecular weight is 640 g/mol. The molecule has 1 heterocycles. The van der Waals surface area contributed by atoms with E-state index in [-0.39, 0.29) is 24.2 Å². The number of pyridine rings is 1. The lowest BCUT2D eigenvalue weighted by Gasteiger charge is -2.28. The van der Waals surface area contributed by atoms with Crippen molar-refractivity contribution in [1.82, 2.24) is 10.3 Å². The lowest BCUT2D eigenvalue weighted by molar-refractivity contribution is -0.131. The lowest BCUT2D eigenvalue weighted by atomic mass is 10.0. The number of halogens is 4. The fourth-order valence-electron chi connectivity index (χ4n) is 4.43. The monoisotopic (exact) mass is 639 g/mol. The number of rotatable bonds is 9. The summed E-state index contributed by atoms with van der Waals surface area (Å²) in [5.41, 5.74) is -1.55.